The van der Waals surface area contributed by atoms with Crippen molar-refractivity contribution in [2.75, 3.05) is 13.1 Å². The van der Waals surface area contributed by atoms with Crippen molar-refractivity contribution in [2.45, 2.75) is 31.7 Å². The Morgan fingerprint density at radius 2 is 1.97 bits per heavy atom. The number of benzene rings is 1. The van der Waals surface area contributed by atoms with Crippen LogP contribution >= 0.6 is 0 Å². The van der Waals surface area contributed by atoms with Crippen molar-refractivity contribution < 1.29 is 9.21 Å². The van der Waals surface area contributed by atoms with E-state index in [-0.39, 0.29) is 18.2 Å². The zero-order valence-electron chi connectivity index (χ0n) is 17.6. The molecule has 5 rings (SSSR count). The van der Waals surface area contributed by atoms with Gasteiger partial charge in [0.05, 0.1) is 11.2 Å². The second-order valence-electron chi connectivity index (χ2n) is 7.97. The molecular formula is C24H23N5O3. The molecule has 4 aromatic rings. The number of pyridine rings is 1. The number of rotatable bonds is 5. The number of hydrogen-bond acceptors (Lipinski definition) is 6. The molecule has 8 heteroatoms. The highest BCUT2D eigenvalue weighted by Gasteiger charge is 2.27. The van der Waals surface area contributed by atoms with Crippen LogP contribution in [0.4, 0.5) is 0 Å². The van der Waals surface area contributed by atoms with Crippen LogP contribution < -0.4 is 5.76 Å². The Morgan fingerprint density at radius 3 is 2.84 bits per heavy atom. The number of carbonyl (C=O) groups excluding carboxylic acids is 1. The number of oxazole rings is 1. The van der Waals surface area contributed by atoms with Crippen LogP contribution in [-0.2, 0) is 11.3 Å². The van der Waals surface area contributed by atoms with Gasteiger partial charge in [0.25, 0.3) is 0 Å². The average Bonchev–Trinajstić information content (AvgIpc) is 3.18. The van der Waals surface area contributed by atoms with Crippen molar-refractivity contribution >= 4 is 17.0 Å². The first kappa shape index (κ1) is 20.1. The molecular weight excluding hydrogens is 406 g/mol. The van der Waals surface area contributed by atoms with Gasteiger partial charge in [0.2, 0.25) is 5.91 Å². The third kappa shape index (κ3) is 3.91. The number of piperidine rings is 1. The first-order valence-electron chi connectivity index (χ1n) is 10.8. The molecule has 0 N–H and O–H groups in total. The number of aryl methyl sites for hydroxylation is 1. The average molecular weight is 429 g/mol. The maximum absolute atomic E-state index is 13.0. The Morgan fingerprint density at radius 1 is 1.12 bits per heavy atom. The number of amides is 1. The SMILES string of the molecule is O=C(CCn1c(=O)oc2ccccc21)N1CCC[C@H](c2ncncc2-c2ccncc2)C1. The molecule has 162 valence electrons. The Kier molecular flexibility index (Phi) is 5.49. The molecule has 32 heavy (non-hydrogen) atoms. The van der Waals surface area contributed by atoms with E-state index in [4.69, 9.17) is 4.42 Å². The van der Waals surface area contributed by atoms with Crippen LogP contribution in [0.5, 0.6) is 0 Å². The summed E-state index contributed by atoms with van der Waals surface area (Å²) in [4.78, 5) is 40.0. The molecule has 0 spiro atoms. The van der Waals surface area contributed by atoms with Crippen molar-refractivity contribution in [3.63, 3.8) is 0 Å². The summed E-state index contributed by atoms with van der Waals surface area (Å²) in [5.74, 6) is -0.263. The first-order valence-corrected chi connectivity index (χ1v) is 10.8. The number of nitrogens with zero attached hydrogens (tertiary/aromatic N) is 5. The molecule has 1 fully saturated rings. The van der Waals surface area contributed by atoms with Crippen molar-refractivity contribution in [3.05, 3.63) is 77.6 Å². The van der Waals surface area contributed by atoms with E-state index in [0.29, 0.717) is 30.7 Å². The van der Waals surface area contributed by atoms with Gasteiger partial charge in [-0.2, -0.15) is 0 Å². The number of carbonyl (C=O) groups is 1. The lowest BCUT2D eigenvalue weighted by Gasteiger charge is -2.33. The largest absolute Gasteiger partial charge is 0.419 e. The lowest BCUT2D eigenvalue weighted by molar-refractivity contribution is -0.132. The number of fused-ring (bicyclic) bond motifs is 1. The van der Waals surface area contributed by atoms with Gasteiger partial charge in [-0.3, -0.25) is 14.3 Å². The van der Waals surface area contributed by atoms with E-state index in [1.807, 2.05) is 41.4 Å². The highest BCUT2D eigenvalue weighted by atomic mass is 16.4. The molecule has 1 amide bonds. The van der Waals surface area contributed by atoms with Gasteiger partial charge >= 0.3 is 5.76 Å². The molecule has 8 nitrogen and oxygen atoms in total. The topological polar surface area (TPSA) is 94.1 Å². The molecule has 1 atom stereocenters. The van der Waals surface area contributed by atoms with E-state index in [1.54, 1.807) is 24.8 Å². The lowest BCUT2D eigenvalue weighted by Crippen LogP contribution is -2.40. The molecule has 0 aliphatic carbocycles. The highest BCUT2D eigenvalue weighted by molar-refractivity contribution is 5.77. The van der Waals surface area contributed by atoms with Crippen LogP contribution in [0.15, 0.2) is 70.5 Å². The lowest BCUT2D eigenvalue weighted by atomic mass is 9.90. The van der Waals surface area contributed by atoms with Crippen molar-refractivity contribution in [1.29, 1.82) is 0 Å². The first-order chi connectivity index (χ1) is 15.7. The maximum Gasteiger partial charge on any atom is 0.419 e. The van der Waals surface area contributed by atoms with Crippen molar-refractivity contribution in [2.24, 2.45) is 0 Å². The summed E-state index contributed by atoms with van der Waals surface area (Å²) >= 11 is 0. The summed E-state index contributed by atoms with van der Waals surface area (Å²) < 4.78 is 6.80. The maximum atomic E-state index is 13.0. The standard InChI is InChI=1S/C24H23N5O3/c30-22(9-13-29-20-5-1-2-6-21(20)32-24(29)31)28-12-3-4-18(15-28)23-19(14-26-16-27-23)17-7-10-25-11-8-17/h1-2,5-8,10-11,14,16,18H,3-4,9,12-13,15H2/t18-/m0/s1. The second kappa shape index (κ2) is 8.74. The van der Waals surface area contributed by atoms with Gasteiger partial charge in [-0.25, -0.2) is 14.8 Å². The Balaban J connectivity index is 1.31. The van der Waals surface area contributed by atoms with E-state index in [9.17, 15) is 9.59 Å². The monoisotopic (exact) mass is 429 g/mol. The molecule has 0 unspecified atom stereocenters. The number of para-hydroxylation sites is 2. The predicted octanol–water partition coefficient (Wildman–Crippen LogP) is 3.24. The summed E-state index contributed by atoms with van der Waals surface area (Å²) in [6.07, 6.45) is 9.02. The molecule has 0 radical (unpaired) electrons. The molecule has 0 saturated carbocycles. The Labute approximate surface area is 184 Å². The minimum atomic E-state index is -0.432. The quantitative estimate of drug-likeness (QED) is 0.483. The van der Waals surface area contributed by atoms with Crippen LogP contribution in [0.2, 0.25) is 0 Å². The van der Waals surface area contributed by atoms with Crippen molar-refractivity contribution in [3.8, 4) is 11.1 Å². The predicted molar refractivity (Wildman–Crippen MR) is 119 cm³/mol. The summed E-state index contributed by atoms with van der Waals surface area (Å²) in [5.41, 5.74) is 4.21. The summed E-state index contributed by atoms with van der Waals surface area (Å²) in [5, 5.41) is 0. The van der Waals surface area contributed by atoms with Gasteiger partial charge < -0.3 is 9.32 Å². The fourth-order valence-electron chi connectivity index (χ4n) is 4.44. The minimum Gasteiger partial charge on any atom is -0.408 e. The fourth-order valence-corrected chi connectivity index (χ4v) is 4.44. The summed E-state index contributed by atoms with van der Waals surface area (Å²) in [6.45, 7) is 1.62. The van der Waals surface area contributed by atoms with Gasteiger partial charge in [-0.15, -0.1) is 0 Å². The van der Waals surface area contributed by atoms with E-state index in [0.717, 1.165) is 29.7 Å². The van der Waals surface area contributed by atoms with Crippen LogP contribution in [-0.4, -0.2) is 43.4 Å². The molecule has 0 bridgehead atoms. The smallest absolute Gasteiger partial charge is 0.408 e. The molecule has 3 aromatic heterocycles. The Hall–Kier alpha value is -3.81. The zero-order chi connectivity index (χ0) is 21.9. The molecule has 1 aliphatic heterocycles. The van der Waals surface area contributed by atoms with Gasteiger partial charge in [0.15, 0.2) is 5.58 Å². The van der Waals surface area contributed by atoms with Crippen LogP contribution in [0.3, 0.4) is 0 Å². The van der Waals surface area contributed by atoms with Gasteiger partial charge in [0.1, 0.15) is 6.33 Å². The molecule has 1 aliphatic rings. The second-order valence-corrected chi connectivity index (χ2v) is 7.97. The fraction of sp³-hybridized carbons (Fsp3) is 0.292. The number of likely N-dealkylation sites (tertiary alicyclic amines) is 1. The van der Waals surface area contributed by atoms with Gasteiger partial charge in [-0.1, -0.05) is 12.1 Å². The van der Waals surface area contributed by atoms with Gasteiger partial charge in [-0.05, 0) is 42.7 Å². The van der Waals surface area contributed by atoms with Gasteiger partial charge in [0, 0.05) is 56.1 Å². The van der Waals surface area contributed by atoms with Crippen molar-refractivity contribution in [1.82, 2.24) is 24.4 Å². The third-order valence-corrected chi connectivity index (χ3v) is 6.02. The number of aromatic nitrogens is 4. The summed E-state index contributed by atoms with van der Waals surface area (Å²) in [7, 11) is 0. The van der Waals surface area contributed by atoms with E-state index >= 15 is 0 Å². The summed E-state index contributed by atoms with van der Waals surface area (Å²) in [6, 6.07) is 11.2. The van der Waals surface area contributed by atoms with E-state index in [1.165, 1.54) is 4.57 Å². The van der Waals surface area contributed by atoms with Crippen LogP contribution in [0, 0.1) is 0 Å². The van der Waals surface area contributed by atoms with E-state index in [2.05, 4.69) is 15.0 Å². The number of hydrogen-bond donors (Lipinski definition) is 0. The Bertz CT molecular complexity index is 1300. The molecule has 1 saturated heterocycles. The molecule has 1 aromatic carbocycles. The third-order valence-electron chi connectivity index (χ3n) is 6.02. The minimum absolute atomic E-state index is 0.0337. The normalized spacial score (nSPS) is 16.4. The molecule has 4 heterocycles. The van der Waals surface area contributed by atoms with Crippen LogP contribution in [0.25, 0.3) is 22.2 Å². The van der Waals surface area contributed by atoms with Crippen LogP contribution in [0.1, 0.15) is 30.9 Å². The zero-order valence-corrected chi connectivity index (χ0v) is 17.6. The highest BCUT2D eigenvalue weighted by Crippen LogP contribution is 2.32. The van der Waals surface area contributed by atoms with E-state index < -0.39 is 5.76 Å².